The van der Waals surface area contributed by atoms with E-state index in [2.05, 4.69) is 4.84 Å². The molecule has 0 aliphatic rings. The molecule has 0 atom stereocenters. The molecule has 0 saturated carbocycles. The van der Waals surface area contributed by atoms with E-state index in [-0.39, 0.29) is 29.6 Å². The summed E-state index contributed by atoms with van der Waals surface area (Å²) in [7, 11) is 1.20. The van der Waals surface area contributed by atoms with E-state index in [1.165, 1.54) is 7.11 Å². The van der Waals surface area contributed by atoms with Gasteiger partial charge in [0, 0.05) is 0 Å². The van der Waals surface area contributed by atoms with Gasteiger partial charge >= 0.3 is 29.6 Å². The number of nitrogens with zero attached hydrogens (tertiary/aromatic N) is 1. The molecular formula is CH4NNaO2. The first-order chi connectivity index (χ1) is 1.91. The molecular weight excluding hydrogens is 81.0 g/mol. The van der Waals surface area contributed by atoms with Gasteiger partial charge in [0.2, 0.25) is 0 Å². The van der Waals surface area contributed by atoms with Gasteiger partial charge in [0.15, 0.2) is 5.34 Å². The second kappa shape index (κ2) is 8.83. The third-order valence-corrected chi connectivity index (χ3v) is 0.0745. The van der Waals surface area contributed by atoms with Crippen LogP contribution in [0, 0.1) is 4.91 Å². The van der Waals surface area contributed by atoms with E-state index < -0.39 is 0 Å². The maximum absolute atomic E-state index is 8.70. The Kier molecular flexibility index (Phi) is 16.0. The zero-order valence-electron chi connectivity index (χ0n) is 2.26. The maximum atomic E-state index is 8.70. The molecule has 0 aliphatic heterocycles. The fourth-order valence-electron chi connectivity index (χ4n) is 0. The molecule has 0 bridgehead atoms. The SMILES string of the molecule is CON=O.[NaH]. The van der Waals surface area contributed by atoms with E-state index in [0.29, 0.717) is 0 Å². The molecule has 0 aromatic heterocycles. The number of hydrogen-bond acceptors (Lipinski definition) is 3. The fraction of sp³-hybridized carbons (Fsp3) is 1.00. The molecule has 0 aromatic rings. The van der Waals surface area contributed by atoms with Crippen molar-refractivity contribution >= 4 is 29.6 Å². The van der Waals surface area contributed by atoms with Crippen molar-refractivity contribution in [1.82, 2.24) is 0 Å². The molecule has 5 heavy (non-hydrogen) atoms. The second-order valence-electron chi connectivity index (χ2n) is 0.257. The van der Waals surface area contributed by atoms with Crippen LogP contribution in [0.5, 0.6) is 0 Å². The van der Waals surface area contributed by atoms with Gasteiger partial charge in [-0.1, -0.05) is 0 Å². The van der Waals surface area contributed by atoms with Crippen LogP contribution in [0.1, 0.15) is 0 Å². The van der Waals surface area contributed by atoms with Crippen molar-refractivity contribution in [2.75, 3.05) is 7.11 Å². The van der Waals surface area contributed by atoms with Gasteiger partial charge in [0.25, 0.3) is 0 Å². The Morgan fingerprint density at radius 3 is 2.00 bits per heavy atom. The molecule has 0 spiro atoms. The summed E-state index contributed by atoms with van der Waals surface area (Å²) >= 11 is 0. The summed E-state index contributed by atoms with van der Waals surface area (Å²) in [5, 5.41) is 1.99. The molecule has 0 unspecified atom stereocenters. The minimum absolute atomic E-state index is 0. The molecule has 0 saturated heterocycles. The van der Waals surface area contributed by atoms with Crippen LogP contribution in [0.2, 0.25) is 0 Å². The molecule has 0 N–H and O–H groups in total. The predicted molar refractivity (Wildman–Crippen MR) is 20.0 cm³/mol. The van der Waals surface area contributed by atoms with Crippen LogP contribution in [0.3, 0.4) is 0 Å². The van der Waals surface area contributed by atoms with Gasteiger partial charge in [-0.25, -0.2) is 0 Å². The Labute approximate surface area is 51.9 Å². The van der Waals surface area contributed by atoms with Gasteiger partial charge in [-0.05, 0) is 0 Å². The zero-order chi connectivity index (χ0) is 3.41. The van der Waals surface area contributed by atoms with Crippen LogP contribution in [-0.4, -0.2) is 36.7 Å². The van der Waals surface area contributed by atoms with Crippen LogP contribution >= 0.6 is 0 Å². The second-order valence-corrected chi connectivity index (χ2v) is 0.257. The average Bonchev–Trinajstić information content (AvgIpc) is 1.37. The molecule has 4 heteroatoms. The van der Waals surface area contributed by atoms with Crippen molar-refractivity contribution in [3.05, 3.63) is 4.91 Å². The van der Waals surface area contributed by atoms with Crippen molar-refractivity contribution in [2.45, 2.75) is 0 Å². The van der Waals surface area contributed by atoms with Gasteiger partial charge in [-0.3, -0.25) is 0 Å². The first-order valence-electron chi connectivity index (χ1n) is 0.773. The van der Waals surface area contributed by atoms with E-state index in [1.54, 1.807) is 0 Å². The van der Waals surface area contributed by atoms with Crippen molar-refractivity contribution in [2.24, 2.45) is 5.34 Å². The summed E-state index contributed by atoms with van der Waals surface area (Å²) in [6, 6.07) is 0. The minimum atomic E-state index is 0. The average molecular weight is 85.0 g/mol. The third-order valence-electron chi connectivity index (χ3n) is 0.0745. The summed E-state index contributed by atoms with van der Waals surface area (Å²) in [5.41, 5.74) is 0. The van der Waals surface area contributed by atoms with Crippen LogP contribution in [-0.2, 0) is 4.84 Å². The molecule has 0 fully saturated rings. The Morgan fingerprint density at radius 2 is 2.00 bits per heavy atom. The van der Waals surface area contributed by atoms with E-state index in [9.17, 15) is 0 Å². The van der Waals surface area contributed by atoms with Crippen LogP contribution in [0.25, 0.3) is 0 Å². The van der Waals surface area contributed by atoms with Crippen LogP contribution < -0.4 is 0 Å². The van der Waals surface area contributed by atoms with Crippen LogP contribution in [0.15, 0.2) is 5.34 Å². The van der Waals surface area contributed by atoms with E-state index >= 15 is 0 Å². The molecule has 3 nitrogen and oxygen atoms in total. The zero-order valence-corrected chi connectivity index (χ0v) is 2.26. The van der Waals surface area contributed by atoms with Gasteiger partial charge in [-0.2, -0.15) is 0 Å². The van der Waals surface area contributed by atoms with Crippen LogP contribution in [0.4, 0.5) is 0 Å². The van der Waals surface area contributed by atoms with E-state index in [1.807, 2.05) is 5.34 Å². The molecule has 0 radical (unpaired) electrons. The standard InChI is InChI=1S/CH3NO2.Na.H/c1-4-2-3;;/h1H3;;. The molecule has 0 heterocycles. The summed E-state index contributed by atoms with van der Waals surface area (Å²) < 4.78 is 0. The molecule has 0 amide bonds. The van der Waals surface area contributed by atoms with Crippen molar-refractivity contribution in [3.63, 3.8) is 0 Å². The monoisotopic (exact) mass is 85.0 g/mol. The third kappa shape index (κ3) is 12.9. The summed E-state index contributed by atoms with van der Waals surface area (Å²) in [4.78, 5) is 12.3. The van der Waals surface area contributed by atoms with Crippen molar-refractivity contribution in [1.29, 1.82) is 0 Å². The van der Waals surface area contributed by atoms with Crippen molar-refractivity contribution in [3.8, 4) is 0 Å². The van der Waals surface area contributed by atoms with Crippen molar-refractivity contribution < 1.29 is 4.84 Å². The summed E-state index contributed by atoms with van der Waals surface area (Å²) in [6.45, 7) is 0. The van der Waals surface area contributed by atoms with E-state index in [0.717, 1.165) is 0 Å². The first kappa shape index (κ1) is 9.04. The summed E-state index contributed by atoms with van der Waals surface area (Å²) in [6.07, 6.45) is 0. The Balaban J connectivity index is 0. The Bertz CT molecular complexity index is 23.6. The normalized spacial score (nSPS) is 4.20. The molecule has 0 aromatic carbocycles. The van der Waals surface area contributed by atoms with Gasteiger partial charge in [0.05, 0.1) is 0 Å². The van der Waals surface area contributed by atoms with Gasteiger partial charge in [0.1, 0.15) is 7.11 Å². The first-order valence-corrected chi connectivity index (χ1v) is 0.773. The predicted octanol–water partition coefficient (Wildman–Crippen LogP) is -0.334. The Hall–Kier alpha value is 0.400. The summed E-state index contributed by atoms with van der Waals surface area (Å²) in [5.74, 6) is 0. The topological polar surface area (TPSA) is 38.7 Å². The molecule has 0 rings (SSSR count). The molecule has 26 valence electrons. The quantitative estimate of drug-likeness (QED) is 0.248. The number of hydrogen-bond donors (Lipinski definition) is 0. The van der Waals surface area contributed by atoms with Gasteiger partial charge in [-0.15, -0.1) is 4.91 Å². The molecule has 0 aliphatic carbocycles. The Morgan fingerprint density at radius 1 is 1.80 bits per heavy atom. The number of rotatable bonds is 1. The fourth-order valence-corrected chi connectivity index (χ4v) is 0. The van der Waals surface area contributed by atoms with E-state index in [4.69, 9.17) is 4.91 Å². The van der Waals surface area contributed by atoms with Gasteiger partial charge < -0.3 is 4.84 Å².